The zero-order valence-electron chi connectivity index (χ0n) is 17.0. The van der Waals surface area contributed by atoms with E-state index >= 15 is 0 Å². The maximum Gasteiger partial charge on any atom is 0.322 e. The Morgan fingerprint density at radius 2 is 1.74 bits per heavy atom. The summed E-state index contributed by atoms with van der Waals surface area (Å²) in [7, 11) is -4.14. The summed E-state index contributed by atoms with van der Waals surface area (Å²) in [5.41, 5.74) is 0.913. The minimum Gasteiger partial charge on any atom is -0.504 e. The molecule has 0 saturated carbocycles. The maximum atomic E-state index is 13.2. The number of aromatic hydroxyl groups is 2. The van der Waals surface area contributed by atoms with E-state index < -0.39 is 27.8 Å². The molecule has 168 valence electrons. The van der Waals surface area contributed by atoms with E-state index in [0.717, 1.165) is 4.31 Å². The van der Waals surface area contributed by atoms with Crippen LogP contribution in [0.3, 0.4) is 0 Å². The van der Waals surface area contributed by atoms with Gasteiger partial charge in [0.25, 0.3) is 0 Å². The molecule has 1 aliphatic rings. The molecule has 0 bridgehead atoms. The quantitative estimate of drug-likeness (QED) is 0.390. The van der Waals surface area contributed by atoms with Gasteiger partial charge >= 0.3 is 5.97 Å². The number of hydrogen-bond donors (Lipinski definition) is 3. The van der Waals surface area contributed by atoms with Gasteiger partial charge in [-0.25, -0.2) is 8.42 Å². The van der Waals surface area contributed by atoms with Crippen LogP contribution in [0.25, 0.3) is 0 Å². The number of aliphatic carboxylic acids is 1. The lowest BCUT2D eigenvalue weighted by Gasteiger charge is -2.33. The lowest BCUT2D eigenvalue weighted by molar-refractivity contribution is -0.141. The average molecular weight is 451 g/mol. The Kier molecular flexibility index (Phi) is 7.04. The van der Waals surface area contributed by atoms with Gasteiger partial charge in [0.15, 0.2) is 11.5 Å². The molecule has 1 heterocycles. The van der Waals surface area contributed by atoms with E-state index in [4.69, 9.17) is 9.47 Å². The summed E-state index contributed by atoms with van der Waals surface area (Å²) in [6.07, 6.45) is 0.572. The van der Waals surface area contributed by atoms with E-state index in [1.807, 2.05) is 6.92 Å². The summed E-state index contributed by atoms with van der Waals surface area (Å²) in [5.74, 6) is -1.57. The number of ether oxygens (including phenoxy) is 2. The second-order valence-corrected chi connectivity index (χ2v) is 8.98. The molecule has 31 heavy (non-hydrogen) atoms. The van der Waals surface area contributed by atoms with Crippen LogP contribution in [-0.4, -0.2) is 59.9 Å². The van der Waals surface area contributed by atoms with Crippen molar-refractivity contribution in [3.63, 3.8) is 0 Å². The average Bonchev–Trinajstić information content (AvgIpc) is 2.74. The summed E-state index contributed by atoms with van der Waals surface area (Å²) in [6.45, 7) is 3.29. The van der Waals surface area contributed by atoms with Crippen molar-refractivity contribution in [2.75, 3.05) is 19.8 Å². The van der Waals surface area contributed by atoms with Crippen molar-refractivity contribution in [2.24, 2.45) is 0 Å². The summed E-state index contributed by atoms with van der Waals surface area (Å²) in [6, 6.07) is 6.96. The van der Waals surface area contributed by atoms with Crippen molar-refractivity contribution in [1.29, 1.82) is 0 Å². The Labute approximate surface area is 180 Å². The van der Waals surface area contributed by atoms with Crippen LogP contribution in [0.15, 0.2) is 41.3 Å². The molecule has 0 aromatic heterocycles. The standard InChI is InChI=1S/C21H25NO8S/c1-2-29-8-3-9-30-16-4-6-17(7-5-16)31(27,28)22-13-15-12-20(24)19(23)11-14(15)10-18(22)21(25)26/h4-7,11-12,18,23-24H,2-3,8-10,13H2,1H3,(H,25,26)/t18-/m1/s1. The fourth-order valence-corrected chi connectivity index (χ4v) is 4.95. The fraction of sp³-hybridized carbons (Fsp3) is 0.381. The predicted molar refractivity (Wildman–Crippen MR) is 111 cm³/mol. The third-order valence-electron chi connectivity index (χ3n) is 5.01. The van der Waals surface area contributed by atoms with Crippen molar-refractivity contribution in [1.82, 2.24) is 4.31 Å². The van der Waals surface area contributed by atoms with Crippen LogP contribution < -0.4 is 4.74 Å². The topological polar surface area (TPSA) is 134 Å². The van der Waals surface area contributed by atoms with E-state index in [9.17, 15) is 28.5 Å². The maximum absolute atomic E-state index is 13.2. The molecule has 3 rings (SSSR count). The van der Waals surface area contributed by atoms with Crippen molar-refractivity contribution in [2.45, 2.75) is 37.2 Å². The molecule has 1 atom stereocenters. The largest absolute Gasteiger partial charge is 0.504 e. The van der Waals surface area contributed by atoms with E-state index in [-0.39, 0.29) is 23.6 Å². The van der Waals surface area contributed by atoms with Crippen LogP contribution in [0.4, 0.5) is 0 Å². The smallest absolute Gasteiger partial charge is 0.322 e. The van der Waals surface area contributed by atoms with Crippen molar-refractivity contribution in [3.05, 3.63) is 47.5 Å². The van der Waals surface area contributed by atoms with E-state index in [1.54, 1.807) is 0 Å². The first-order valence-corrected chi connectivity index (χ1v) is 11.3. The second-order valence-electron chi connectivity index (χ2n) is 7.09. The Bertz CT molecular complexity index is 1040. The van der Waals surface area contributed by atoms with Crippen LogP contribution in [-0.2, 0) is 32.5 Å². The van der Waals surface area contributed by atoms with Crippen LogP contribution in [0.5, 0.6) is 17.2 Å². The summed E-state index contributed by atoms with van der Waals surface area (Å²) < 4.78 is 38.1. The van der Waals surface area contributed by atoms with Gasteiger partial charge in [-0.05, 0) is 54.4 Å². The van der Waals surface area contributed by atoms with E-state index in [2.05, 4.69) is 0 Å². The monoisotopic (exact) mass is 451 g/mol. The molecule has 0 spiro atoms. The molecular formula is C21H25NO8S. The van der Waals surface area contributed by atoms with Crippen LogP contribution in [0.1, 0.15) is 24.5 Å². The van der Waals surface area contributed by atoms with Gasteiger partial charge in [0.05, 0.1) is 11.5 Å². The Balaban J connectivity index is 1.80. The molecule has 1 aliphatic heterocycles. The van der Waals surface area contributed by atoms with Crippen LogP contribution in [0.2, 0.25) is 0 Å². The molecule has 0 amide bonds. The highest BCUT2D eigenvalue weighted by molar-refractivity contribution is 7.89. The summed E-state index contributed by atoms with van der Waals surface area (Å²) in [4.78, 5) is 11.7. The zero-order chi connectivity index (χ0) is 22.6. The van der Waals surface area contributed by atoms with Gasteiger partial charge in [0.2, 0.25) is 10.0 Å². The number of rotatable bonds is 9. The molecule has 10 heteroatoms. The number of phenolic OH excluding ortho intramolecular Hbond substituents is 2. The number of hydrogen-bond acceptors (Lipinski definition) is 7. The molecule has 0 aliphatic carbocycles. The number of fused-ring (bicyclic) bond motifs is 1. The Morgan fingerprint density at radius 1 is 1.10 bits per heavy atom. The minimum absolute atomic E-state index is 0.0631. The van der Waals surface area contributed by atoms with E-state index in [0.29, 0.717) is 43.1 Å². The van der Waals surface area contributed by atoms with Gasteiger partial charge in [-0.1, -0.05) is 0 Å². The highest BCUT2D eigenvalue weighted by Crippen LogP contribution is 2.35. The van der Waals surface area contributed by atoms with Gasteiger partial charge < -0.3 is 24.8 Å². The summed E-state index contributed by atoms with van der Waals surface area (Å²) in [5, 5.41) is 29.1. The van der Waals surface area contributed by atoms with Gasteiger partial charge in [0, 0.05) is 32.6 Å². The number of carboxylic acid groups (broad SMARTS) is 1. The van der Waals surface area contributed by atoms with Crippen LogP contribution >= 0.6 is 0 Å². The summed E-state index contributed by atoms with van der Waals surface area (Å²) >= 11 is 0. The highest BCUT2D eigenvalue weighted by Gasteiger charge is 2.40. The van der Waals surface area contributed by atoms with Gasteiger partial charge in [-0.3, -0.25) is 4.79 Å². The third-order valence-corrected chi connectivity index (χ3v) is 6.87. The fourth-order valence-electron chi connectivity index (χ4n) is 3.39. The SMILES string of the molecule is CCOCCCOc1ccc(S(=O)(=O)N2Cc3cc(O)c(O)cc3C[C@@H]2C(=O)O)cc1. The zero-order valence-corrected chi connectivity index (χ0v) is 17.8. The van der Waals surface area contributed by atoms with Crippen molar-refractivity contribution in [3.8, 4) is 17.2 Å². The number of benzene rings is 2. The molecule has 0 radical (unpaired) electrons. The first-order valence-electron chi connectivity index (χ1n) is 9.83. The lowest BCUT2D eigenvalue weighted by Crippen LogP contribution is -2.48. The molecule has 0 saturated heterocycles. The first-order chi connectivity index (χ1) is 14.7. The number of carbonyl (C=O) groups is 1. The van der Waals surface area contributed by atoms with Gasteiger partial charge in [-0.2, -0.15) is 4.31 Å². The Morgan fingerprint density at radius 3 is 2.35 bits per heavy atom. The number of carboxylic acids is 1. The molecule has 2 aromatic carbocycles. The molecule has 9 nitrogen and oxygen atoms in total. The normalized spacial score (nSPS) is 16.6. The molecule has 0 fully saturated rings. The van der Waals surface area contributed by atoms with Crippen molar-refractivity contribution < 1.29 is 38.0 Å². The minimum atomic E-state index is -4.14. The lowest BCUT2D eigenvalue weighted by atomic mass is 9.95. The second kappa shape index (κ2) is 9.54. The van der Waals surface area contributed by atoms with E-state index in [1.165, 1.54) is 36.4 Å². The molecule has 3 N–H and O–H groups in total. The molecule has 0 unspecified atom stereocenters. The van der Waals surface area contributed by atoms with Crippen LogP contribution in [0, 0.1) is 0 Å². The number of nitrogens with zero attached hydrogens (tertiary/aromatic N) is 1. The van der Waals surface area contributed by atoms with Gasteiger partial charge in [-0.15, -0.1) is 0 Å². The van der Waals surface area contributed by atoms with Crippen molar-refractivity contribution >= 4 is 16.0 Å². The Hall–Kier alpha value is -2.82. The van der Waals surface area contributed by atoms with Gasteiger partial charge in [0.1, 0.15) is 11.8 Å². The highest BCUT2D eigenvalue weighted by atomic mass is 32.2. The number of phenols is 2. The predicted octanol–water partition coefficient (Wildman–Crippen LogP) is 2.10. The molecular weight excluding hydrogens is 426 g/mol. The third kappa shape index (κ3) is 5.09. The first kappa shape index (κ1) is 22.9. The number of sulfonamides is 1. The molecule has 2 aromatic rings.